The molecule has 2 saturated carbocycles. The fourth-order valence-corrected chi connectivity index (χ4v) is 4.20. The van der Waals surface area contributed by atoms with Gasteiger partial charge in [0.15, 0.2) is 5.16 Å². The second-order valence-electron chi connectivity index (χ2n) is 7.50. The number of carbonyl (C=O) groups is 1. The van der Waals surface area contributed by atoms with Crippen molar-refractivity contribution in [1.82, 2.24) is 14.8 Å². The number of nitrogens with one attached hydrogen (secondary N) is 1. The highest BCUT2D eigenvalue weighted by Gasteiger charge is 2.36. The predicted molar refractivity (Wildman–Crippen MR) is 111 cm³/mol. The van der Waals surface area contributed by atoms with Crippen LogP contribution in [0.4, 0.5) is 5.69 Å². The SMILES string of the molecule is O=C(CSc1nnc(C2CC2)n1C1CC1)Nc1ccc(-c2ccccc2)cc1. The molecule has 1 amide bonds. The third-order valence-electron chi connectivity index (χ3n) is 5.15. The Hall–Kier alpha value is -2.60. The Bertz CT molecular complexity index is 976. The van der Waals surface area contributed by atoms with E-state index in [0.717, 1.165) is 22.2 Å². The van der Waals surface area contributed by atoms with Crippen LogP contribution >= 0.6 is 11.8 Å². The van der Waals surface area contributed by atoms with Gasteiger partial charge in [-0.25, -0.2) is 0 Å². The third-order valence-corrected chi connectivity index (χ3v) is 6.10. The molecule has 0 aliphatic heterocycles. The van der Waals surface area contributed by atoms with Crippen molar-refractivity contribution in [2.75, 3.05) is 11.1 Å². The van der Waals surface area contributed by atoms with Gasteiger partial charge >= 0.3 is 0 Å². The van der Waals surface area contributed by atoms with Gasteiger partial charge in [-0.15, -0.1) is 10.2 Å². The first kappa shape index (κ1) is 17.5. The van der Waals surface area contributed by atoms with Crippen molar-refractivity contribution in [2.24, 2.45) is 0 Å². The molecule has 0 bridgehead atoms. The predicted octanol–water partition coefficient (Wildman–Crippen LogP) is 4.89. The average Bonchev–Trinajstić information content (AvgIpc) is 3.66. The van der Waals surface area contributed by atoms with Crippen molar-refractivity contribution < 1.29 is 4.79 Å². The highest BCUT2D eigenvalue weighted by Crippen LogP contribution is 2.45. The summed E-state index contributed by atoms with van der Waals surface area (Å²) in [4.78, 5) is 12.4. The molecule has 1 aromatic heterocycles. The van der Waals surface area contributed by atoms with Crippen LogP contribution in [0.25, 0.3) is 11.1 Å². The van der Waals surface area contributed by atoms with Crippen LogP contribution in [0, 0.1) is 0 Å². The van der Waals surface area contributed by atoms with Gasteiger partial charge in [-0.3, -0.25) is 4.79 Å². The summed E-state index contributed by atoms with van der Waals surface area (Å²) in [6.07, 6.45) is 4.83. The number of hydrogen-bond acceptors (Lipinski definition) is 4. The van der Waals surface area contributed by atoms with Gasteiger partial charge in [-0.2, -0.15) is 0 Å². The van der Waals surface area contributed by atoms with Crippen molar-refractivity contribution in [1.29, 1.82) is 0 Å². The number of amides is 1. The molecule has 0 unspecified atom stereocenters. The van der Waals surface area contributed by atoms with E-state index in [1.165, 1.54) is 43.0 Å². The molecule has 0 atom stereocenters. The molecule has 28 heavy (non-hydrogen) atoms. The Balaban J connectivity index is 1.20. The van der Waals surface area contributed by atoms with Gasteiger partial charge in [0.2, 0.25) is 5.91 Å². The molecular weight excluding hydrogens is 368 g/mol. The molecule has 0 radical (unpaired) electrons. The van der Waals surface area contributed by atoms with Crippen LogP contribution in [-0.2, 0) is 4.79 Å². The lowest BCUT2D eigenvalue weighted by Gasteiger charge is -2.09. The van der Waals surface area contributed by atoms with E-state index in [4.69, 9.17) is 0 Å². The monoisotopic (exact) mass is 390 g/mol. The van der Waals surface area contributed by atoms with Crippen molar-refractivity contribution in [3.8, 4) is 11.1 Å². The van der Waals surface area contributed by atoms with Gasteiger partial charge in [0.05, 0.1) is 5.75 Å². The number of thioether (sulfide) groups is 1. The van der Waals surface area contributed by atoms with Gasteiger partial charge in [-0.05, 0) is 48.9 Å². The van der Waals surface area contributed by atoms with Crippen LogP contribution in [0.1, 0.15) is 43.5 Å². The summed E-state index contributed by atoms with van der Waals surface area (Å²) >= 11 is 1.49. The summed E-state index contributed by atoms with van der Waals surface area (Å²) in [5.74, 6) is 2.03. The first-order chi connectivity index (χ1) is 13.8. The molecule has 1 N–H and O–H groups in total. The normalized spacial score (nSPS) is 16.1. The Kier molecular flexibility index (Phi) is 4.64. The zero-order valence-electron chi connectivity index (χ0n) is 15.5. The Morgan fingerprint density at radius 2 is 1.68 bits per heavy atom. The molecule has 0 saturated heterocycles. The molecule has 2 aliphatic rings. The third kappa shape index (κ3) is 3.83. The molecule has 2 aromatic carbocycles. The first-order valence-corrected chi connectivity index (χ1v) is 10.8. The summed E-state index contributed by atoms with van der Waals surface area (Å²) in [5.41, 5.74) is 3.12. The number of hydrogen-bond donors (Lipinski definition) is 1. The fraction of sp³-hybridized carbons (Fsp3) is 0.318. The largest absolute Gasteiger partial charge is 0.325 e. The van der Waals surface area contributed by atoms with Crippen LogP contribution < -0.4 is 5.32 Å². The summed E-state index contributed by atoms with van der Waals surface area (Å²) in [7, 11) is 0. The van der Waals surface area contributed by atoms with Crippen LogP contribution in [0.2, 0.25) is 0 Å². The van der Waals surface area contributed by atoms with Gasteiger partial charge in [-0.1, -0.05) is 54.2 Å². The molecule has 6 heteroatoms. The molecule has 2 fully saturated rings. The standard InChI is InChI=1S/C22H22N4OS/c27-20(23-18-10-8-16(9-11-18)15-4-2-1-3-5-15)14-28-22-25-24-21(17-6-7-17)26(22)19-12-13-19/h1-5,8-11,17,19H,6-7,12-14H2,(H,23,27). The van der Waals surface area contributed by atoms with Crippen LogP contribution in [-0.4, -0.2) is 26.4 Å². The minimum Gasteiger partial charge on any atom is -0.325 e. The van der Waals surface area contributed by atoms with Crippen molar-refractivity contribution >= 4 is 23.4 Å². The smallest absolute Gasteiger partial charge is 0.234 e. The maximum atomic E-state index is 12.4. The quantitative estimate of drug-likeness (QED) is 0.584. The van der Waals surface area contributed by atoms with Gasteiger partial charge in [0.1, 0.15) is 5.82 Å². The van der Waals surface area contributed by atoms with Crippen molar-refractivity contribution in [3.05, 3.63) is 60.4 Å². The highest BCUT2D eigenvalue weighted by molar-refractivity contribution is 7.99. The summed E-state index contributed by atoms with van der Waals surface area (Å²) in [6.45, 7) is 0. The number of nitrogens with zero attached hydrogens (tertiary/aromatic N) is 3. The number of rotatable bonds is 7. The number of benzene rings is 2. The van der Waals surface area contributed by atoms with Crippen LogP contribution in [0.5, 0.6) is 0 Å². The highest BCUT2D eigenvalue weighted by atomic mass is 32.2. The van der Waals surface area contributed by atoms with Gasteiger partial charge < -0.3 is 9.88 Å². The van der Waals surface area contributed by atoms with Gasteiger partial charge in [0, 0.05) is 17.6 Å². The maximum Gasteiger partial charge on any atom is 0.234 e. The Morgan fingerprint density at radius 3 is 2.36 bits per heavy atom. The molecule has 5 rings (SSSR count). The molecule has 0 spiro atoms. The average molecular weight is 391 g/mol. The first-order valence-electron chi connectivity index (χ1n) is 9.81. The molecule has 2 aliphatic carbocycles. The summed E-state index contributed by atoms with van der Waals surface area (Å²) in [5, 5.41) is 12.6. The summed E-state index contributed by atoms with van der Waals surface area (Å²) in [6, 6.07) is 18.7. The lowest BCUT2D eigenvalue weighted by Crippen LogP contribution is -2.14. The molecule has 1 heterocycles. The second kappa shape index (κ2) is 7.43. The van der Waals surface area contributed by atoms with E-state index in [0.29, 0.717) is 17.7 Å². The van der Waals surface area contributed by atoms with Crippen LogP contribution in [0.15, 0.2) is 59.8 Å². The lowest BCUT2D eigenvalue weighted by molar-refractivity contribution is -0.113. The van der Waals surface area contributed by atoms with E-state index >= 15 is 0 Å². The minimum absolute atomic E-state index is 0.0178. The van der Waals surface area contributed by atoms with E-state index < -0.39 is 0 Å². The van der Waals surface area contributed by atoms with Gasteiger partial charge in [0.25, 0.3) is 0 Å². The molecular formula is C22H22N4OS. The Morgan fingerprint density at radius 1 is 0.964 bits per heavy atom. The van der Waals surface area contributed by atoms with Crippen molar-refractivity contribution in [3.63, 3.8) is 0 Å². The van der Waals surface area contributed by atoms with E-state index in [2.05, 4.69) is 32.2 Å². The summed E-state index contributed by atoms with van der Waals surface area (Å²) < 4.78 is 2.28. The van der Waals surface area contributed by atoms with E-state index in [1.54, 1.807) is 0 Å². The second-order valence-corrected chi connectivity index (χ2v) is 8.44. The van der Waals surface area contributed by atoms with E-state index in [1.807, 2.05) is 42.5 Å². The number of anilines is 1. The maximum absolute atomic E-state index is 12.4. The topological polar surface area (TPSA) is 59.8 Å². The molecule has 142 valence electrons. The van der Waals surface area contributed by atoms with Crippen LogP contribution in [0.3, 0.4) is 0 Å². The molecule has 3 aromatic rings. The zero-order chi connectivity index (χ0) is 18.9. The number of carbonyl (C=O) groups excluding carboxylic acids is 1. The molecule has 5 nitrogen and oxygen atoms in total. The fourth-order valence-electron chi connectivity index (χ4n) is 3.39. The van der Waals surface area contributed by atoms with E-state index in [9.17, 15) is 4.79 Å². The number of aromatic nitrogens is 3. The lowest BCUT2D eigenvalue weighted by atomic mass is 10.1. The Labute approximate surface area is 168 Å². The zero-order valence-corrected chi connectivity index (χ0v) is 16.4. The van der Waals surface area contributed by atoms with Crippen molar-refractivity contribution in [2.45, 2.75) is 42.8 Å². The van der Waals surface area contributed by atoms with E-state index in [-0.39, 0.29) is 5.91 Å². The minimum atomic E-state index is -0.0178.